The molecule has 7 rings (SSSR count). The van der Waals surface area contributed by atoms with Crippen LogP contribution in [0.4, 0.5) is 4.79 Å². The van der Waals surface area contributed by atoms with Gasteiger partial charge in [-0.3, -0.25) is 14.3 Å². The van der Waals surface area contributed by atoms with E-state index in [2.05, 4.69) is 20.0 Å². The fourth-order valence-electron chi connectivity index (χ4n) is 7.14. The zero-order chi connectivity index (χ0) is 37.9. The third-order valence-corrected chi connectivity index (χ3v) is 12.3. The third-order valence-electron chi connectivity index (χ3n) is 10.5. The molecule has 1 saturated heterocycles. The molecular weight excluding hydrogens is 713 g/mol. The lowest BCUT2D eigenvalue weighted by molar-refractivity contribution is -0.131. The normalized spacial score (nSPS) is 24.7. The van der Waals surface area contributed by atoms with E-state index in [1.54, 1.807) is 18.1 Å². The Morgan fingerprint density at radius 2 is 1.74 bits per heavy atom. The van der Waals surface area contributed by atoms with Crippen molar-refractivity contribution in [2.24, 2.45) is 5.92 Å². The standard InChI is InChI=1S/C39H46N6O8S/c1-51-29-16-14-26(15-17-29)24-44-20-10-5-3-4-9-13-28-23-39(28,37(47)43-54(49,50)31-18-19-31)42-36(46)32-21-30(25-45(32)38(44)48)53-34-22-33(52-2)40-35(41-34)27-11-7-6-8-12-27/h6-9,11-17,22,28,30-32H,3-5,10,18-21,23-25H2,1-2H3,(H,42,46)(H,43,47). The summed E-state index contributed by atoms with van der Waals surface area (Å²) >= 11 is 0. The molecule has 54 heavy (non-hydrogen) atoms. The summed E-state index contributed by atoms with van der Waals surface area (Å²) in [6.07, 6.45) is 7.78. The predicted octanol–water partition coefficient (Wildman–Crippen LogP) is 4.22. The van der Waals surface area contributed by atoms with Gasteiger partial charge in [-0.25, -0.2) is 13.2 Å². The fraction of sp³-hybridized carbons (Fsp3) is 0.462. The van der Waals surface area contributed by atoms with Gasteiger partial charge in [-0.2, -0.15) is 9.97 Å². The maximum atomic E-state index is 14.6. The molecule has 286 valence electrons. The monoisotopic (exact) mass is 758 g/mol. The van der Waals surface area contributed by atoms with Gasteiger partial charge in [0, 0.05) is 31.0 Å². The molecule has 2 aliphatic heterocycles. The van der Waals surface area contributed by atoms with Crippen LogP contribution in [0.3, 0.4) is 0 Å². The van der Waals surface area contributed by atoms with Crippen LogP contribution in [0, 0.1) is 5.92 Å². The second-order valence-corrected chi connectivity index (χ2v) is 16.3. The Kier molecular flexibility index (Phi) is 10.8. The molecule has 0 bridgehead atoms. The van der Waals surface area contributed by atoms with E-state index in [-0.39, 0.29) is 37.2 Å². The number of urea groups is 1. The SMILES string of the molecule is COc1ccc(CN2CCCCCC=CC3CC3(C(=O)NS(=O)(=O)C3CC3)NC(=O)C3CC(Oc4cc(OC)nc(-c5ccccc5)n4)CN3C2=O)cc1. The number of benzene rings is 2. The largest absolute Gasteiger partial charge is 0.497 e. The first-order valence-corrected chi connectivity index (χ1v) is 20.0. The minimum Gasteiger partial charge on any atom is -0.497 e. The highest BCUT2D eigenvalue weighted by molar-refractivity contribution is 7.91. The molecule has 4 atom stereocenters. The molecular formula is C39H46N6O8S. The lowest BCUT2D eigenvalue weighted by atomic mass is 10.1. The zero-order valence-corrected chi connectivity index (χ0v) is 31.3. The van der Waals surface area contributed by atoms with Crippen molar-refractivity contribution in [2.75, 3.05) is 27.3 Å². The molecule has 1 aromatic heterocycles. The molecule has 3 heterocycles. The van der Waals surface area contributed by atoms with Crippen molar-refractivity contribution in [2.45, 2.75) is 80.8 Å². The number of nitrogens with zero attached hydrogens (tertiary/aromatic N) is 4. The van der Waals surface area contributed by atoms with Crippen molar-refractivity contribution in [3.8, 4) is 28.9 Å². The Morgan fingerprint density at radius 1 is 0.981 bits per heavy atom. The van der Waals surface area contributed by atoms with E-state index in [1.165, 1.54) is 12.0 Å². The van der Waals surface area contributed by atoms with E-state index >= 15 is 0 Å². The van der Waals surface area contributed by atoms with Gasteiger partial charge in [0.1, 0.15) is 23.4 Å². The van der Waals surface area contributed by atoms with Crippen LogP contribution in [0.1, 0.15) is 56.9 Å². The van der Waals surface area contributed by atoms with Gasteiger partial charge in [-0.1, -0.05) is 61.0 Å². The van der Waals surface area contributed by atoms with Gasteiger partial charge < -0.3 is 29.3 Å². The summed E-state index contributed by atoms with van der Waals surface area (Å²) in [7, 11) is -0.776. The average Bonchev–Trinajstić information content (AvgIpc) is 4.11. The first kappa shape index (κ1) is 37.1. The van der Waals surface area contributed by atoms with Crippen LogP contribution in [-0.4, -0.2) is 96.3 Å². The van der Waals surface area contributed by atoms with Gasteiger partial charge >= 0.3 is 6.03 Å². The van der Waals surface area contributed by atoms with Crippen LogP contribution in [0.25, 0.3) is 11.4 Å². The van der Waals surface area contributed by atoms with E-state index < -0.39 is 50.7 Å². The molecule has 2 N–H and O–H groups in total. The summed E-state index contributed by atoms with van der Waals surface area (Å²) in [5.74, 6) is -0.126. The number of aromatic nitrogens is 2. The van der Waals surface area contributed by atoms with Crippen molar-refractivity contribution in [3.63, 3.8) is 0 Å². The zero-order valence-electron chi connectivity index (χ0n) is 30.5. The number of hydrogen-bond donors (Lipinski definition) is 2. The van der Waals surface area contributed by atoms with Crippen LogP contribution in [-0.2, 0) is 26.2 Å². The molecule has 4 amide bonds. The Bertz CT molecular complexity index is 1990. The van der Waals surface area contributed by atoms with Crippen molar-refractivity contribution in [3.05, 3.63) is 78.4 Å². The fourth-order valence-corrected chi connectivity index (χ4v) is 8.51. The summed E-state index contributed by atoms with van der Waals surface area (Å²) in [4.78, 5) is 55.1. The highest BCUT2D eigenvalue weighted by atomic mass is 32.2. The molecule has 2 aliphatic carbocycles. The van der Waals surface area contributed by atoms with Crippen LogP contribution >= 0.6 is 0 Å². The Balaban J connectivity index is 1.19. The molecule has 0 radical (unpaired) electrons. The lowest BCUT2D eigenvalue weighted by Crippen LogP contribution is -2.57. The van der Waals surface area contributed by atoms with Crippen molar-refractivity contribution in [1.82, 2.24) is 29.8 Å². The van der Waals surface area contributed by atoms with E-state index in [4.69, 9.17) is 14.2 Å². The Morgan fingerprint density at radius 3 is 2.46 bits per heavy atom. The van der Waals surface area contributed by atoms with Crippen molar-refractivity contribution < 1.29 is 37.0 Å². The van der Waals surface area contributed by atoms with Gasteiger partial charge in [-0.05, 0) is 56.2 Å². The second kappa shape index (κ2) is 15.7. The smallest absolute Gasteiger partial charge is 0.321 e. The number of sulfonamides is 1. The third kappa shape index (κ3) is 8.30. The van der Waals surface area contributed by atoms with E-state index in [0.717, 1.165) is 36.8 Å². The first-order valence-electron chi connectivity index (χ1n) is 18.5. The van der Waals surface area contributed by atoms with Crippen LogP contribution < -0.4 is 24.2 Å². The number of hydrogen-bond acceptors (Lipinski definition) is 10. The molecule has 2 saturated carbocycles. The maximum absolute atomic E-state index is 14.6. The van der Waals surface area contributed by atoms with E-state index in [1.807, 2.05) is 66.7 Å². The summed E-state index contributed by atoms with van der Waals surface area (Å²) in [6.45, 7) is 0.820. The summed E-state index contributed by atoms with van der Waals surface area (Å²) in [6, 6.07) is 17.0. The van der Waals surface area contributed by atoms with Gasteiger partial charge in [-0.15, -0.1) is 0 Å². The Hall–Kier alpha value is -5.18. The molecule has 14 nitrogen and oxygen atoms in total. The average molecular weight is 759 g/mol. The van der Waals surface area contributed by atoms with Crippen LogP contribution in [0.15, 0.2) is 72.8 Å². The van der Waals surface area contributed by atoms with E-state index in [9.17, 15) is 22.8 Å². The first-order chi connectivity index (χ1) is 26.1. The van der Waals surface area contributed by atoms with Gasteiger partial charge in [0.15, 0.2) is 5.82 Å². The topological polar surface area (TPSA) is 169 Å². The number of carbonyl (C=O) groups excluding carboxylic acids is 3. The molecule has 0 spiro atoms. The Labute approximate surface area is 315 Å². The summed E-state index contributed by atoms with van der Waals surface area (Å²) < 4.78 is 45.1. The van der Waals surface area contributed by atoms with Gasteiger partial charge in [0.2, 0.25) is 27.7 Å². The maximum Gasteiger partial charge on any atom is 0.321 e. The van der Waals surface area contributed by atoms with Crippen molar-refractivity contribution >= 4 is 27.9 Å². The van der Waals surface area contributed by atoms with Crippen LogP contribution in [0.5, 0.6) is 17.5 Å². The molecule has 4 unspecified atom stereocenters. The number of fused-ring (bicyclic) bond motifs is 2. The molecule has 3 aromatic rings. The van der Waals surface area contributed by atoms with Crippen molar-refractivity contribution in [1.29, 1.82) is 0 Å². The van der Waals surface area contributed by atoms with E-state index in [0.29, 0.717) is 37.5 Å². The number of amides is 4. The van der Waals surface area contributed by atoms with Crippen LogP contribution in [0.2, 0.25) is 0 Å². The second-order valence-electron chi connectivity index (χ2n) is 14.4. The summed E-state index contributed by atoms with van der Waals surface area (Å²) in [5, 5.41) is 2.32. The number of carbonyl (C=O) groups is 3. The minimum atomic E-state index is -3.87. The molecule has 4 aliphatic rings. The lowest BCUT2D eigenvalue weighted by Gasteiger charge is -2.32. The number of methoxy groups -OCH3 is 2. The molecule has 15 heteroatoms. The number of allylic oxidation sites excluding steroid dienone is 1. The highest BCUT2D eigenvalue weighted by Crippen LogP contribution is 2.46. The quantitative estimate of drug-likeness (QED) is 0.286. The molecule has 2 aromatic carbocycles. The summed E-state index contributed by atoms with van der Waals surface area (Å²) in [5.41, 5.74) is 0.189. The number of rotatable bonds is 10. The number of ether oxygens (including phenoxy) is 3. The highest BCUT2D eigenvalue weighted by Gasteiger charge is 2.62. The van der Waals surface area contributed by atoms with Gasteiger partial charge in [0.05, 0.1) is 32.1 Å². The molecule has 3 fully saturated rings. The minimum absolute atomic E-state index is 0.0572. The predicted molar refractivity (Wildman–Crippen MR) is 199 cm³/mol. The number of nitrogens with one attached hydrogen (secondary N) is 2. The van der Waals surface area contributed by atoms with Gasteiger partial charge in [0.25, 0.3) is 5.91 Å².